The smallest absolute Gasteiger partial charge is 0.324 e. The number of halogens is 3. The van der Waals surface area contributed by atoms with Gasteiger partial charge in [0.2, 0.25) is 0 Å². The Hall–Kier alpha value is -2.96. The monoisotopic (exact) mass is 431 g/mol. The van der Waals surface area contributed by atoms with E-state index in [1.807, 2.05) is 12.1 Å². The minimum Gasteiger partial charge on any atom is -0.480 e. The van der Waals surface area contributed by atoms with Crippen molar-refractivity contribution in [1.29, 1.82) is 0 Å². The SMILES string of the molecule is Cl.NC1(C(=O)O)CCc2ccc(Oc3ccccc3-c3ccc(F)c(F)c3)cc2C1. The molecule has 0 aliphatic heterocycles. The predicted octanol–water partition coefficient (Wildman–Crippen LogP) is 5.12. The van der Waals surface area contributed by atoms with E-state index in [-0.39, 0.29) is 18.8 Å². The van der Waals surface area contributed by atoms with Gasteiger partial charge in [0.05, 0.1) is 0 Å². The highest BCUT2D eigenvalue weighted by atomic mass is 35.5. The second-order valence-corrected chi connectivity index (χ2v) is 7.30. The molecule has 0 spiro atoms. The third-order valence-electron chi connectivity index (χ3n) is 5.30. The van der Waals surface area contributed by atoms with Gasteiger partial charge >= 0.3 is 5.97 Å². The molecule has 0 bridgehead atoms. The Morgan fingerprint density at radius 3 is 2.50 bits per heavy atom. The number of benzene rings is 3. The van der Waals surface area contributed by atoms with Gasteiger partial charge in [0, 0.05) is 12.0 Å². The topological polar surface area (TPSA) is 72.6 Å². The van der Waals surface area contributed by atoms with Crippen molar-refractivity contribution in [3.63, 3.8) is 0 Å². The number of rotatable bonds is 4. The Balaban J connectivity index is 0.00000256. The van der Waals surface area contributed by atoms with E-state index < -0.39 is 23.1 Å². The predicted molar refractivity (Wildman–Crippen MR) is 112 cm³/mol. The Morgan fingerprint density at radius 1 is 1.00 bits per heavy atom. The summed E-state index contributed by atoms with van der Waals surface area (Å²) < 4.78 is 33.0. The van der Waals surface area contributed by atoms with Crippen molar-refractivity contribution in [3.8, 4) is 22.6 Å². The van der Waals surface area contributed by atoms with Crippen LogP contribution in [0.15, 0.2) is 60.7 Å². The number of fused-ring (bicyclic) bond motifs is 1. The second kappa shape index (κ2) is 8.42. The summed E-state index contributed by atoms with van der Waals surface area (Å²) in [4.78, 5) is 11.5. The molecular weight excluding hydrogens is 412 g/mol. The van der Waals surface area contributed by atoms with Gasteiger partial charge in [0.25, 0.3) is 0 Å². The number of carboxylic acids is 1. The number of carbonyl (C=O) groups is 1. The number of nitrogens with two attached hydrogens (primary N) is 1. The van der Waals surface area contributed by atoms with Crippen molar-refractivity contribution in [1.82, 2.24) is 0 Å². The van der Waals surface area contributed by atoms with E-state index in [0.717, 1.165) is 23.3 Å². The molecule has 0 saturated carbocycles. The van der Waals surface area contributed by atoms with Gasteiger partial charge in [-0.05, 0) is 59.9 Å². The highest BCUT2D eigenvalue weighted by molar-refractivity contribution is 5.85. The van der Waals surface area contributed by atoms with Crippen LogP contribution in [0, 0.1) is 11.6 Å². The highest BCUT2D eigenvalue weighted by Gasteiger charge is 2.37. The lowest BCUT2D eigenvalue weighted by Gasteiger charge is -2.31. The number of para-hydroxylation sites is 1. The lowest BCUT2D eigenvalue weighted by molar-refractivity contribution is -0.143. The third-order valence-corrected chi connectivity index (χ3v) is 5.30. The molecular formula is C23H20ClF2NO3. The molecule has 4 rings (SSSR count). The molecule has 156 valence electrons. The van der Waals surface area contributed by atoms with E-state index in [1.54, 1.807) is 30.3 Å². The minimum absolute atomic E-state index is 0. The van der Waals surface area contributed by atoms with Gasteiger partial charge in [0.1, 0.15) is 17.0 Å². The Bertz CT molecular complexity index is 1110. The van der Waals surface area contributed by atoms with Gasteiger partial charge < -0.3 is 15.6 Å². The van der Waals surface area contributed by atoms with Gasteiger partial charge in [-0.1, -0.05) is 30.3 Å². The average molecular weight is 432 g/mol. The summed E-state index contributed by atoms with van der Waals surface area (Å²) in [6.45, 7) is 0. The van der Waals surface area contributed by atoms with E-state index in [4.69, 9.17) is 10.5 Å². The fourth-order valence-corrected chi connectivity index (χ4v) is 3.63. The molecule has 0 radical (unpaired) electrons. The number of aliphatic carboxylic acids is 1. The molecule has 0 aromatic heterocycles. The van der Waals surface area contributed by atoms with Crippen LogP contribution in [-0.2, 0) is 17.6 Å². The van der Waals surface area contributed by atoms with E-state index in [0.29, 0.717) is 35.5 Å². The van der Waals surface area contributed by atoms with Crippen LogP contribution in [0.1, 0.15) is 17.5 Å². The molecule has 1 atom stereocenters. The molecule has 0 amide bonds. The number of hydrogen-bond donors (Lipinski definition) is 2. The van der Waals surface area contributed by atoms with Crippen LogP contribution in [0.5, 0.6) is 11.5 Å². The summed E-state index contributed by atoms with van der Waals surface area (Å²) in [5, 5.41) is 9.42. The Morgan fingerprint density at radius 2 is 1.77 bits per heavy atom. The van der Waals surface area contributed by atoms with Crippen molar-refractivity contribution >= 4 is 18.4 Å². The summed E-state index contributed by atoms with van der Waals surface area (Å²) in [6.07, 6.45) is 1.19. The molecule has 0 fully saturated rings. The molecule has 30 heavy (non-hydrogen) atoms. The van der Waals surface area contributed by atoms with Crippen LogP contribution in [-0.4, -0.2) is 16.6 Å². The number of aryl methyl sites for hydroxylation is 1. The molecule has 3 aromatic carbocycles. The first-order chi connectivity index (χ1) is 13.9. The molecule has 1 aliphatic carbocycles. The Labute approximate surface area is 178 Å². The third kappa shape index (κ3) is 4.15. The summed E-state index contributed by atoms with van der Waals surface area (Å²) >= 11 is 0. The first-order valence-electron chi connectivity index (χ1n) is 9.22. The number of ether oxygens (including phenoxy) is 1. The van der Waals surface area contributed by atoms with E-state index in [1.165, 1.54) is 6.07 Å². The van der Waals surface area contributed by atoms with Gasteiger partial charge in [-0.15, -0.1) is 12.4 Å². The second-order valence-electron chi connectivity index (χ2n) is 7.30. The lowest BCUT2D eigenvalue weighted by Crippen LogP contribution is -2.52. The summed E-state index contributed by atoms with van der Waals surface area (Å²) in [5.74, 6) is -1.86. The molecule has 1 aliphatic rings. The molecule has 3 N–H and O–H groups in total. The van der Waals surface area contributed by atoms with Crippen molar-refractivity contribution in [2.24, 2.45) is 5.73 Å². The van der Waals surface area contributed by atoms with E-state index in [9.17, 15) is 18.7 Å². The zero-order valence-corrected chi connectivity index (χ0v) is 16.7. The molecule has 1 unspecified atom stereocenters. The Kier molecular flexibility index (Phi) is 6.10. The first kappa shape index (κ1) is 21.7. The van der Waals surface area contributed by atoms with Crippen LogP contribution >= 0.6 is 12.4 Å². The lowest BCUT2D eigenvalue weighted by atomic mass is 9.78. The van der Waals surface area contributed by atoms with Crippen molar-refractivity contribution in [2.75, 3.05) is 0 Å². The average Bonchev–Trinajstić information content (AvgIpc) is 2.70. The summed E-state index contributed by atoms with van der Waals surface area (Å²) in [5.41, 5.74) is 7.75. The van der Waals surface area contributed by atoms with Gasteiger partial charge in [-0.25, -0.2) is 8.78 Å². The fourth-order valence-electron chi connectivity index (χ4n) is 3.63. The van der Waals surface area contributed by atoms with Crippen molar-refractivity contribution in [2.45, 2.75) is 24.8 Å². The number of carboxylic acid groups (broad SMARTS) is 1. The molecule has 7 heteroatoms. The van der Waals surface area contributed by atoms with Crippen LogP contribution in [0.3, 0.4) is 0 Å². The largest absolute Gasteiger partial charge is 0.480 e. The maximum Gasteiger partial charge on any atom is 0.324 e. The van der Waals surface area contributed by atoms with E-state index in [2.05, 4.69) is 0 Å². The summed E-state index contributed by atoms with van der Waals surface area (Å²) in [7, 11) is 0. The zero-order valence-electron chi connectivity index (χ0n) is 15.9. The van der Waals surface area contributed by atoms with Gasteiger partial charge in [-0.3, -0.25) is 4.79 Å². The molecule has 4 nitrogen and oxygen atoms in total. The quantitative estimate of drug-likeness (QED) is 0.601. The zero-order chi connectivity index (χ0) is 20.6. The van der Waals surface area contributed by atoms with Crippen molar-refractivity contribution in [3.05, 3.63) is 83.4 Å². The molecule has 0 saturated heterocycles. The van der Waals surface area contributed by atoms with Crippen LogP contribution in [0.25, 0.3) is 11.1 Å². The highest BCUT2D eigenvalue weighted by Crippen LogP contribution is 2.36. The normalized spacial score (nSPS) is 17.6. The van der Waals surface area contributed by atoms with Gasteiger partial charge in [-0.2, -0.15) is 0 Å². The molecule has 3 aromatic rings. The first-order valence-corrected chi connectivity index (χ1v) is 9.22. The van der Waals surface area contributed by atoms with Crippen LogP contribution in [0.2, 0.25) is 0 Å². The van der Waals surface area contributed by atoms with Crippen molar-refractivity contribution < 1.29 is 23.4 Å². The van der Waals surface area contributed by atoms with Crippen LogP contribution < -0.4 is 10.5 Å². The van der Waals surface area contributed by atoms with Crippen LogP contribution in [0.4, 0.5) is 8.78 Å². The van der Waals surface area contributed by atoms with Gasteiger partial charge in [0.15, 0.2) is 11.6 Å². The fraction of sp³-hybridized carbons (Fsp3) is 0.174. The molecule has 0 heterocycles. The maximum absolute atomic E-state index is 13.7. The number of hydrogen-bond acceptors (Lipinski definition) is 3. The standard InChI is InChI=1S/C23H19F2NO3.ClH/c24-19-8-6-15(12-20(19)25)18-3-1-2-4-21(18)29-17-7-5-14-9-10-23(26,22(27)28)13-16(14)11-17;/h1-8,11-12H,9-10,13,26H2,(H,27,28);1H. The maximum atomic E-state index is 13.7. The minimum atomic E-state index is -1.28. The van der Waals surface area contributed by atoms with E-state index >= 15 is 0 Å². The summed E-state index contributed by atoms with van der Waals surface area (Å²) in [6, 6.07) is 16.3.